The second-order valence-corrected chi connectivity index (χ2v) is 10.6. The molecule has 0 spiro atoms. The first-order chi connectivity index (χ1) is 15.2. The molecule has 0 unspecified atom stereocenters. The van der Waals surface area contributed by atoms with Crippen LogP contribution in [0.4, 0.5) is 4.39 Å². The molecule has 3 aromatic heterocycles. The van der Waals surface area contributed by atoms with E-state index in [4.69, 9.17) is 0 Å². The maximum atomic E-state index is 14.8. The number of rotatable bonds is 1. The van der Waals surface area contributed by atoms with E-state index in [0.29, 0.717) is 0 Å². The summed E-state index contributed by atoms with van der Waals surface area (Å²) >= 11 is 0. The molecule has 160 valence electrons. The van der Waals surface area contributed by atoms with Gasteiger partial charge in [-0.15, -0.1) is 0 Å². The smallest absolute Gasteiger partial charge is 0.224 e. The van der Waals surface area contributed by atoms with Crippen molar-refractivity contribution in [3.8, 4) is 0 Å². The van der Waals surface area contributed by atoms with Crippen LogP contribution in [0.5, 0.6) is 0 Å². The number of fused-ring (bicyclic) bond motifs is 5. The van der Waals surface area contributed by atoms with Gasteiger partial charge < -0.3 is 4.40 Å². The first-order valence-corrected chi connectivity index (χ1v) is 11.3. The minimum atomic E-state index is -0.194. The fourth-order valence-corrected chi connectivity index (χ4v) is 5.71. The highest BCUT2D eigenvalue weighted by Gasteiger charge is 2.26. The number of aryl methyl sites for hydroxylation is 3. The second-order valence-electron chi connectivity index (χ2n) is 10.6. The third-order valence-electron chi connectivity index (χ3n) is 7.06. The molecular formula is C29H28FN2+. The van der Waals surface area contributed by atoms with Crippen molar-refractivity contribution < 1.29 is 8.96 Å². The fraction of sp³-hybridized carbons (Fsp3) is 0.276. The van der Waals surface area contributed by atoms with Crippen LogP contribution in [0.2, 0.25) is 0 Å². The van der Waals surface area contributed by atoms with E-state index in [0.717, 1.165) is 28.2 Å². The molecule has 6 aromatic rings. The summed E-state index contributed by atoms with van der Waals surface area (Å²) in [6.07, 6.45) is 3.04. The Hall–Kier alpha value is -3.20. The summed E-state index contributed by atoms with van der Waals surface area (Å²) in [7, 11) is 2.10. The predicted molar refractivity (Wildman–Crippen MR) is 132 cm³/mol. The molecule has 32 heavy (non-hydrogen) atoms. The molecule has 0 saturated carbocycles. The van der Waals surface area contributed by atoms with Gasteiger partial charge in [0.05, 0.1) is 27.3 Å². The van der Waals surface area contributed by atoms with Gasteiger partial charge in [0.25, 0.3) is 0 Å². The van der Waals surface area contributed by atoms with Gasteiger partial charge in [0.15, 0.2) is 6.20 Å². The molecule has 0 atom stereocenters. The number of hydrogen-bond acceptors (Lipinski definition) is 0. The van der Waals surface area contributed by atoms with Crippen molar-refractivity contribution in [2.24, 2.45) is 12.5 Å². The molecule has 0 amide bonds. The molecular weight excluding hydrogens is 395 g/mol. The minimum absolute atomic E-state index is 0.174. The van der Waals surface area contributed by atoms with Crippen molar-refractivity contribution in [1.82, 2.24) is 4.40 Å². The first-order valence-electron chi connectivity index (χ1n) is 11.3. The Kier molecular flexibility index (Phi) is 3.77. The van der Waals surface area contributed by atoms with E-state index in [9.17, 15) is 4.39 Å². The van der Waals surface area contributed by atoms with Gasteiger partial charge in [-0.25, -0.2) is 8.96 Å². The van der Waals surface area contributed by atoms with Crippen molar-refractivity contribution in [2.45, 2.75) is 41.0 Å². The summed E-state index contributed by atoms with van der Waals surface area (Å²) in [5.41, 5.74) is 8.59. The van der Waals surface area contributed by atoms with Gasteiger partial charge in [0.2, 0.25) is 5.52 Å². The zero-order valence-corrected chi connectivity index (χ0v) is 19.6. The van der Waals surface area contributed by atoms with Crippen molar-refractivity contribution in [3.05, 3.63) is 71.2 Å². The molecule has 0 fully saturated rings. The van der Waals surface area contributed by atoms with E-state index in [1.807, 2.05) is 6.07 Å². The Labute approximate surface area is 187 Å². The molecule has 2 nitrogen and oxygen atoms in total. The van der Waals surface area contributed by atoms with Gasteiger partial charge in [-0.3, -0.25) is 0 Å². The van der Waals surface area contributed by atoms with E-state index in [1.54, 1.807) is 12.1 Å². The Bertz CT molecular complexity index is 1710. The molecule has 3 heterocycles. The molecule has 3 heteroatoms. The number of hydrogen-bond donors (Lipinski definition) is 0. The third kappa shape index (κ3) is 2.48. The van der Waals surface area contributed by atoms with Gasteiger partial charge in [0, 0.05) is 16.8 Å². The van der Waals surface area contributed by atoms with E-state index in [-0.39, 0.29) is 11.2 Å². The Morgan fingerprint density at radius 3 is 2.47 bits per heavy atom. The van der Waals surface area contributed by atoms with Crippen LogP contribution in [0.3, 0.4) is 0 Å². The summed E-state index contributed by atoms with van der Waals surface area (Å²) in [5, 5.41) is 5.91. The minimum Gasteiger partial charge on any atom is -0.307 e. The van der Waals surface area contributed by atoms with Gasteiger partial charge >= 0.3 is 0 Å². The lowest BCUT2D eigenvalue weighted by molar-refractivity contribution is -0.643. The molecule has 3 aromatic carbocycles. The molecule has 6 rings (SSSR count). The van der Waals surface area contributed by atoms with Crippen molar-refractivity contribution in [2.75, 3.05) is 0 Å². The largest absolute Gasteiger partial charge is 0.307 e. The fourth-order valence-electron chi connectivity index (χ4n) is 5.71. The van der Waals surface area contributed by atoms with Gasteiger partial charge in [-0.1, -0.05) is 32.9 Å². The predicted octanol–water partition coefficient (Wildman–Crippen LogP) is 7.16. The van der Waals surface area contributed by atoms with E-state index in [1.165, 1.54) is 43.9 Å². The van der Waals surface area contributed by atoms with Crippen molar-refractivity contribution >= 4 is 49.0 Å². The highest BCUT2D eigenvalue weighted by atomic mass is 19.1. The molecule has 0 aliphatic rings. The number of benzene rings is 3. The standard InChI is InChI=1S/C29H28FN2/c1-16-12-21-25-19(15-29(3,4)5)8-7-9-22(25)32-23-14-20(30)13-18-10-11-31(6)28(26(18)23)24(17(16)2)27(21)32/h7-14H,15H2,1-6H3/q+1. The first kappa shape index (κ1) is 19.5. The molecule has 0 bridgehead atoms. The molecule has 0 radical (unpaired) electrons. The van der Waals surface area contributed by atoms with Crippen LogP contribution in [-0.4, -0.2) is 4.40 Å². The van der Waals surface area contributed by atoms with Crippen LogP contribution in [0.15, 0.2) is 48.7 Å². The lowest BCUT2D eigenvalue weighted by Crippen LogP contribution is -2.29. The maximum absolute atomic E-state index is 14.8. The molecule has 0 aliphatic heterocycles. The normalized spacial score (nSPS) is 13.0. The highest BCUT2D eigenvalue weighted by molar-refractivity contribution is 6.26. The average Bonchev–Trinajstić information content (AvgIpc) is 3.04. The number of pyridine rings is 2. The molecule has 0 N–H and O–H groups in total. The van der Waals surface area contributed by atoms with E-state index in [2.05, 4.69) is 81.1 Å². The second kappa shape index (κ2) is 6.19. The summed E-state index contributed by atoms with van der Waals surface area (Å²) in [6, 6.07) is 14.3. The Balaban J connectivity index is 2.02. The van der Waals surface area contributed by atoms with Crippen LogP contribution in [-0.2, 0) is 13.5 Å². The maximum Gasteiger partial charge on any atom is 0.224 e. The summed E-state index contributed by atoms with van der Waals surface area (Å²) in [5.74, 6) is -0.194. The zero-order valence-electron chi connectivity index (χ0n) is 19.6. The Morgan fingerprint density at radius 1 is 0.938 bits per heavy atom. The number of halogens is 1. The lowest BCUT2D eigenvalue weighted by atomic mass is 9.86. The third-order valence-corrected chi connectivity index (χ3v) is 7.06. The van der Waals surface area contributed by atoms with Crippen molar-refractivity contribution in [3.63, 3.8) is 0 Å². The van der Waals surface area contributed by atoms with Gasteiger partial charge in [-0.2, -0.15) is 0 Å². The van der Waals surface area contributed by atoms with Crippen LogP contribution in [0.1, 0.15) is 37.5 Å². The number of nitrogens with zero attached hydrogens (tertiary/aromatic N) is 2. The summed E-state index contributed by atoms with van der Waals surface area (Å²) in [6.45, 7) is 11.3. The van der Waals surface area contributed by atoms with Crippen LogP contribution >= 0.6 is 0 Å². The average molecular weight is 424 g/mol. The summed E-state index contributed by atoms with van der Waals surface area (Å²) in [4.78, 5) is 0. The molecule has 0 saturated heterocycles. The Morgan fingerprint density at radius 2 is 1.72 bits per heavy atom. The number of aromatic nitrogens is 2. The zero-order chi connectivity index (χ0) is 22.5. The van der Waals surface area contributed by atoms with Crippen LogP contribution in [0.25, 0.3) is 49.0 Å². The monoisotopic (exact) mass is 423 g/mol. The van der Waals surface area contributed by atoms with Crippen LogP contribution in [0, 0.1) is 25.1 Å². The van der Waals surface area contributed by atoms with Crippen LogP contribution < -0.4 is 4.57 Å². The molecule has 0 aliphatic carbocycles. The van der Waals surface area contributed by atoms with Gasteiger partial charge in [-0.05, 0) is 72.0 Å². The lowest BCUT2D eigenvalue weighted by Gasteiger charge is -2.19. The van der Waals surface area contributed by atoms with E-state index < -0.39 is 0 Å². The van der Waals surface area contributed by atoms with Gasteiger partial charge in [0.1, 0.15) is 12.9 Å². The topological polar surface area (TPSA) is 8.29 Å². The van der Waals surface area contributed by atoms with E-state index >= 15 is 0 Å². The highest BCUT2D eigenvalue weighted by Crippen LogP contribution is 2.43. The summed E-state index contributed by atoms with van der Waals surface area (Å²) < 4.78 is 19.3. The van der Waals surface area contributed by atoms with Crippen molar-refractivity contribution in [1.29, 1.82) is 0 Å². The SMILES string of the molecule is Cc1cc2c3c(CC(C)(C)C)cccc3n3c4cc(F)cc5cc[n+](C)c(c(c1C)c23)c54. The quantitative estimate of drug-likeness (QED) is 0.151.